The van der Waals surface area contributed by atoms with Crippen LogP contribution in [0.1, 0.15) is 19.8 Å². The molecule has 2 heterocycles. The van der Waals surface area contributed by atoms with Crippen LogP contribution in [0.25, 0.3) is 0 Å². The van der Waals surface area contributed by atoms with Crippen LogP contribution in [0, 0.1) is 0 Å². The smallest absolute Gasteiger partial charge is 0.220 e. The second-order valence-corrected chi connectivity index (χ2v) is 4.67. The number of hydrogen-bond acceptors (Lipinski definition) is 4. The third-order valence-corrected chi connectivity index (χ3v) is 3.56. The average molecular weight is 246 g/mol. The molecule has 0 amide bonds. The first kappa shape index (κ1) is 13.2. The second kappa shape index (κ2) is 6.09. The largest absolute Gasteiger partial charge is 0.379 e. The van der Waals surface area contributed by atoms with Crippen LogP contribution in [0.15, 0.2) is 0 Å². The summed E-state index contributed by atoms with van der Waals surface area (Å²) in [6, 6.07) is 0. The van der Waals surface area contributed by atoms with Crippen molar-refractivity contribution in [2.24, 2.45) is 0 Å². The van der Waals surface area contributed by atoms with Crippen LogP contribution in [0.3, 0.4) is 0 Å². The summed E-state index contributed by atoms with van der Waals surface area (Å²) in [4.78, 5) is 3.87. The molecule has 0 unspecified atom stereocenters. The number of morpholine rings is 2. The number of nitrogens with zero attached hydrogens (tertiary/aromatic N) is 2. The maximum absolute atomic E-state index is 15.3. The molecular weight excluding hydrogens is 223 g/mol. The number of halogens is 1. The van der Waals surface area contributed by atoms with Crippen molar-refractivity contribution in [3.05, 3.63) is 0 Å². The van der Waals surface area contributed by atoms with Crippen LogP contribution in [0.5, 0.6) is 0 Å². The summed E-state index contributed by atoms with van der Waals surface area (Å²) in [5, 5.41) is 0. The molecule has 2 saturated heterocycles. The van der Waals surface area contributed by atoms with E-state index in [4.69, 9.17) is 9.47 Å². The highest BCUT2D eigenvalue weighted by atomic mass is 19.2. The predicted octanol–water partition coefficient (Wildman–Crippen LogP) is 1.07. The molecule has 0 bridgehead atoms. The first-order chi connectivity index (χ1) is 8.27. The summed E-state index contributed by atoms with van der Waals surface area (Å²) < 4.78 is 25.9. The van der Waals surface area contributed by atoms with Gasteiger partial charge in [-0.1, -0.05) is 13.3 Å². The van der Waals surface area contributed by atoms with Crippen LogP contribution in [-0.2, 0) is 9.47 Å². The van der Waals surface area contributed by atoms with E-state index < -0.39 is 5.92 Å². The van der Waals surface area contributed by atoms with Gasteiger partial charge in [0.25, 0.3) is 0 Å². The molecule has 0 atom stereocenters. The molecule has 100 valence electrons. The Morgan fingerprint density at radius 2 is 1.35 bits per heavy atom. The van der Waals surface area contributed by atoms with Crippen LogP contribution in [0.4, 0.5) is 4.39 Å². The van der Waals surface area contributed by atoms with Gasteiger partial charge in [-0.3, -0.25) is 9.80 Å². The lowest BCUT2D eigenvalue weighted by atomic mass is 10.1. The Kier molecular flexibility index (Phi) is 4.73. The molecule has 2 aliphatic rings. The van der Waals surface area contributed by atoms with E-state index >= 15 is 4.39 Å². The van der Waals surface area contributed by atoms with Crippen LogP contribution in [0.2, 0.25) is 0 Å². The summed E-state index contributed by atoms with van der Waals surface area (Å²) >= 11 is 0. The van der Waals surface area contributed by atoms with Crippen molar-refractivity contribution >= 4 is 0 Å². The Morgan fingerprint density at radius 3 is 1.71 bits per heavy atom. The molecule has 0 spiro atoms. The van der Waals surface area contributed by atoms with E-state index in [1.54, 1.807) is 0 Å². The van der Waals surface area contributed by atoms with E-state index in [0.29, 0.717) is 59.0 Å². The zero-order chi connectivity index (χ0) is 12.1. The second-order valence-electron chi connectivity index (χ2n) is 4.67. The number of alkyl halides is 1. The summed E-state index contributed by atoms with van der Waals surface area (Å²) in [5.41, 5.74) is 0. The Morgan fingerprint density at radius 1 is 0.941 bits per heavy atom. The van der Waals surface area contributed by atoms with Crippen molar-refractivity contribution in [2.45, 2.75) is 25.7 Å². The molecule has 2 rings (SSSR count). The highest BCUT2D eigenvalue weighted by Gasteiger charge is 2.42. The van der Waals surface area contributed by atoms with Gasteiger partial charge in [-0.05, 0) is 0 Å². The van der Waals surface area contributed by atoms with E-state index in [1.807, 2.05) is 16.7 Å². The zero-order valence-corrected chi connectivity index (χ0v) is 10.7. The minimum Gasteiger partial charge on any atom is -0.379 e. The quantitative estimate of drug-likeness (QED) is 0.693. The van der Waals surface area contributed by atoms with Crippen molar-refractivity contribution in [1.29, 1.82) is 0 Å². The van der Waals surface area contributed by atoms with Gasteiger partial charge in [0.1, 0.15) is 0 Å². The normalized spacial score (nSPS) is 25.1. The van der Waals surface area contributed by atoms with Crippen LogP contribution in [-0.4, -0.2) is 68.3 Å². The topological polar surface area (TPSA) is 24.9 Å². The molecule has 0 aliphatic carbocycles. The molecule has 0 aromatic rings. The first-order valence-electron chi connectivity index (χ1n) is 6.62. The molecule has 5 heteroatoms. The lowest BCUT2D eigenvalue weighted by Gasteiger charge is -2.47. The molecule has 0 saturated carbocycles. The third kappa shape index (κ3) is 2.96. The molecular formula is C12H23FN2O2. The highest BCUT2D eigenvalue weighted by Crippen LogP contribution is 2.29. The van der Waals surface area contributed by atoms with Gasteiger partial charge in [-0.15, -0.1) is 0 Å². The highest BCUT2D eigenvalue weighted by molar-refractivity contribution is 4.83. The fraction of sp³-hybridized carbons (Fsp3) is 1.00. The van der Waals surface area contributed by atoms with Crippen molar-refractivity contribution in [2.75, 3.05) is 52.6 Å². The summed E-state index contributed by atoms with van der Waals surface area (Å²) in [6.45, 7) is 7.34. The van der Waals surface area contributed by atoms with Gasteiger partial charge in [0, 0.05) is 32.6 Å². The Balaban J connectivity index is 2.05. The Hall–Kier alpha value is -0.230. The number of hydrogen-bond donors (Lipinski definition) is 0. The fourth-order valence-electron chi connectivity index (χ4n) is 2.65. The molecule has 0 aromatic carbocycles. The van der Waals surface area contributed by atoms with Crippen molar-refractivity contribution in [3.8, 4) is 0 Å². The van der Waals surface area contributed by atoms with Gasteiger partial charge in [0.05, 0.1) is 26.4 Å². The average Bonchev–Trinajstić information content (AvgIpc) is 2.41. The van der Waals surface area contributed by atoms with E-state index in [9.17, 15) is 0 Å². The van der Waals surface area contributed by atoms with Crippen LogP contribution >= 0.6 is 0 Å². The van der Waals surface area contributed by atoms with Crippen molar-refractivity contribution in [1.82, 2.24) is 9.80 Å². The lowest BCUT2D eigenvalue weighted by molar-refractivity contribution is -0.203. The molecule has 0 aromatic heterocycles. The predicted molar refractivity (Wildman–Crippen MR) is 63.5 cm³/mol. The van der Waals surface area contributed by atoms with Gasteiger partial charge in [-0.25, -0.2) is 4.39 Å². The van der Waals surface area contributed by atoms with Crippen molar-refractivity contribution in [3.63, 3.8) is 0 Å². The number of ether oxygens (including phenoxy) is 2. The van der Waals surface area contributed by atoms with E-state index in [1.165, 1.54) is 0 Å². The Labute approximate surface area is 103 Å². The van der Waals surface area contributed by atoms with Crippen molar-refractivity contribution < 1.29 is 13.9 Å². The van der Waals surface area contributed by atoms with Gasteiger partial charge in [0.2, 0.25) is 5.92 Å². The van der Waals surface area contributed by atoms with Crippen LogP contribution < -0.4 is 0 Å². The fourth-order valence-corrected chi connectivity index (χ4v) is 2.65. The minimum atomic E-state index is -1.30. The van der Waals surface area contributed by atoms with Gasteiger partial charge in [-0.2, -0.15) is 0 Å². The minimum absolute atomic E-state index is 0.562. The van der Waals surface area contributed by atoms with Gasteiger partial charge < -0.3 is 9.47 Å². The van der Waals surface area contributed by atoms with Gasteiger partial charge >= 0.3 is 0 Å². The zero-order valence-electron chi connectivity index (χ0n) is 10.7. The monoisotopic (exact) mass is 246 g/mol. The molecule has 0 N–H and O–H groups in total. The first-order valence-corrected chi connectivity index (χ1v) is 6.62. The van der Waals surface area contributed by atoms with E-state index in [0.717, 1.165) is 6.42 Å². The Bertz CT molecular complexity index is 211. The number of rotatable bonds is 4. The molecule has 2 fully saturated rings. The maximum Gasteiger partial charge on any atom is 0.220 e. The van der Waals surface area contributed by atoms with E-state index in [2.05, 4.69) is 0 Å². The molecule has 0 radical (unpaired) electrons. The maximum atomic E-state index is 15.3. The summed E-state index contributed by atoms with van der Waals surface area (Å²) in [5.74, 6) is -1.30. The molecule has 2 aliphatic heterocycles. The SMILES string of the molecule is CCCC(F)(N1CCOCC1)N1CCOCC1. The lowest BCUT2D eigenvalue weighted by Crippen LogP contribution is -2.62. The summed E-state index contributed by atoms with van der Waals surface area (Å²) in [7, 11) is 0. The third-order valence-electron chi connectivity index (χ3n) is 3.56. The van der Waals surface area contributed by atoms with Gasteiger partial charge in [0.15, 0.2) is 0 Å². The standard InChI is InChI=1S/C12H23FN2O2/c1-2-3-12(13,14-4-8-16-9-5-14)15-6-10-17-11-7-15/h2-11H2,1H3. The van der Waals surface area contributed by atoms with E-state index in [-0.39, 0.29) is 0 Å². The molecule has 17 heavy (non-hydrogen) atoms. The summed E-state index contributed by atoms with van der Waals surface area (Å²) in [6.07, 6.45) is 1.41. The molecule has 4 nitrogen and oxygen atoms in total.